The maximum absolute atomic E-state index is 11.1. The average molecular weight is 401 g/mol. The highest BCUT2D eigenvalue weighted by molar-refractivity contribution is 7.18. The molecule has 4 aromatic rings. The number of hydrogen-bond acceptors (Lipinski definition) is 6. The summed E-state index contributed by atoms with van der Waals surface area (Å²) < 4.78 is 0. The molecule has 6 nitrogen and oxygen atoms in total. The van der Waals surface area contributed by atoms with Crippen LogP contribution >= 0.6 is 45.9 Å². The van der Waals surface area contributed by atoms with Crippen LogP contribution in [-0.4, -0.2) is 19.9 Å². The lowest BCUT2D eigenvalue weighted by Crippen LogP contribution is -2.20. The number of hydrogen-bond donors (Lipinski definition) is 2. The second-order valence-corrected chi connectivity index (χ2v) is 8.05. The molecule has 0 aliphatic heterocycles. The molecular weight excluding hydrogens is 391 g/mol. The standard InChI is InChI=1S/C7H4Cl2N2S.C7H6N2O2S/c1-3-2-4-5(8)10-7(9)11-6(4)12-3;1-3-2-4-5(10)8-7(11)9-6(4)12-3/h2H,1H3;2H,1H3,(H2,8,9,10,11). The number of rotatable bonds is 0. The number of aromatic nitrogens is 4. The van der Waals surface area contributed by atoms with Crippen molar-refractivity contribution in [3.8, 4) is 0 Å². The Morgan fingerprint density at radius 1 is 0.958 bits per heavy atom. The van der Waals surface area contributed by atoms with Crippen molar-refractivity contribution in [2.24, 2.45) is 0 Å². The van der Waals surface area contributed by atoms with E-state index in [1.807, 2.05) is 19.9 Å². The Kier molecular flexibility index (Phi) is 4.73. The van der Waals surface area contributed by atoms with E-state index < -0.39 is 5.69 Å². The molecule has 0 bridgehead atoms. The average Bonchev–Trinajstić information content (AvgIpc) is 3.01. The quantitative estimate of drug-likeness (QED) is 0.345. The Bertz CT molecular complexity index is 1160. The third kappa shape index (κ3) is 3.51. The van der Waals surface area contributed by atoms with Gasteiger partial charge in [-0.3, -0.25) is 14.8 Å². The molecule has 0 fully saturated rings. The second kappa shape index (κ2) is 6.64. The van der Waals surface area contributed by atoms with Gasteiger partial charge in [-0.2, -0.15) is 0 Å². The van der Waals surface area contributed by atoms with E-state index in [4.69, 9.17) is 23.2 Å². The van der Waals surface area contributed by atoms with Gasteiger partial charge in [-0.25, -0.2) is 14.8 Å². The first-order valence-electron chi connectivity index (χ1n) is 6.65. The molecule has 0 saturated carbocycles. The van der Waals surface area contributed by atoms with Gasteiger partial charge in [0, 0.05) is 15.1 Å². The minimum atomic E-state index is -0.450. The number of aryl methyl sites for hydroxylation is 2. The van der Waals surface area contributed by atoms with Crippen LogP contribution in [0, 0.1) is 13.8 Å². The smallest absolute Gasteiger partial charge is 0.298 e. The van der Waals surface area contributed by atoms with Gasteiger partial charge in [0.05, 0.1) is 5.39 Å². The first kappa shape index (κ1) is 17.1. The summed E-state index contributed by atoms with van der Waals surface area (Å²) in [6.45, 7) is 3.89. The van der Waals surface area contributed by atoms with Crippen LogP contribution in [0.15, 0.2) is 21.7 Å². The lowest BCUT2D eigenvalue weighted by atomic mass is 10.4. The predicted molar refractivity (Wildman–Crippen MR) is 100.0 cm³/mol. The Morgan fingerprint density at radius 3 is 2.38 bits per heavy atom. The zero-order valence-corrected chi connectivity index (χ0v) is 15.6. The van der Waals surface area contributed by atoms with Gasteiger partial charge in [0.25, 0.3) is 5.56 Å². The predicted octanol–water partition coefficient (Wildman–Crippen LogP) is 3.89. The first-order valence-corrected chi connectivity index (χ1v) is 9.04. The normalized spacial score (nSPS) is 10.8. The molecule has 124 valence electrons. The van der Waals surface area contributed by atoms with Crippen molar-refractivity contribution < 1.29 is 0 Å². The Hall–Kier alpha value is -1.74. The Labute approximate surface area is 153 Å². The van der Waals surface area contributed by atoms with Crippen LogP contribution in [0.25, 0.3) is 20.4 Å². The summed E-state index contributed by atoms with van der Waals surface area (Å²) in [5, 5.41) is 2.06. The fraction of sp³-hybridized carbons (Fsp3) is 0.143. The Balaban J connectivity index is 0.000000141. The van der Waals surface area contributed by atoms with E-state index in [0.29, 0.717) is 15.4 Å². The first-order chi connectivity index (χ1) is 11.3. The summed E-state index contributed by atoms with van der Waals surface area (Å²) in [5.74, 6) is 0. The molecule has 10 heteroatoms. The molecule has 0 amide bonds. The molecular formula is C14H10Cl2N4O2S2. The molecule has 4 rings (SSSR count). The molecule has 24 heavy (non-hydrogen) atoms. The number of thiophene rings is 2. The molecule has 0 unspecified atom stereocenters. The minimum absolute atomic E-state index is 0.203. The van der Waals surface area contributed by atoms with Crippen molar-refractivity contribution in [3.05, 3.63) is 53.2 Å². The van der Waals surface area contributed by atoms with Crippen LogP contribution in [-0.2, 0) is 0 Å². The van der Waals surface area contributed by atoms with Crippen LogP contribution in [0.4, 0.5) is 0 Å². The molecule has 0 spiro atoms. The SMILES string of the molecule is Cc1cc2c(=O)[nH]c(=O)[nH]c2s1.Cc1cc2c(Cl)nc(Cl)nc2s1. The van der Waals surface area contributed by atoms with Crippen LogP contribution in [0.1, 0.15) is 9.75 Å². The van der Waals surface area contributed by atoms with Crippen molar-refractivity contribution in [3.63, 3.8) is 0 Å². The van der Waals surface area contributed by atoms with Gasteiger partial charge in [-0.15, -0.1) is 22.7 Å². The molecule has 0 atom stereocenters. The molecule has 0 aliphatic rings. The van der Waals surface area contributed by atoms with E-state index >= 15 is 0 Å². The highest BCUT2D eigenvalue weighted by Gasteiger charge is 2.06. The fourth-order valence-electron chi connectivity index (χ4n) is 2.06. The molecule has 2 N–H and O–H groups in total. The largest absolute Gasteiger partial charge is 0.326 e. The molecule has 4 aromatic heterocycles. The number of aromatic amines is 2. The number of halogens is 2. The highest BCUT2D eigenvalue weighted by Crippen LogP contribution is 2.28. The number of H-pyrrole nitrogens is 2. The van der Waals surface area contributed by atoms with Crippen LogP contribution in [0.5, 0.6) is 0 Å². The third-order valence-electron chi connectivity index (χ3n) is 3.00. The summed E-state index contributed by atoms with van der Waals surface area (Å²) >= 11 is 14.4. The van der Waals surface area contributed by atoms with Crippen LogP contribution < -0.4 is 11.2 Å². The molecule has 0 aliphatic carbocycles. The zero-order valence-electron chi connectivity index (χ0n) is 12.4. The van der Waals surface area contributed by atoms with Gasteiger partial charge in [-0.05, 0) is 37.6 Å². The maximum atomic E-state index is 11.1. The molecule has 4 heterocycles. The monoisotopic (exact) mass is 400 g/mol. The van der Waals surface area contributed by atoms with Gasteiger partial charge in [0.2, 0.25) is 5.28 Å². The van der Waals surface area contributed by atoms with E-state index in [1.54, 1.807) is 17.4 Å². The molecule has 0 saturated heterocycles. The second-order valence-electron chi connectivity index (χ2n) is 4.87. The highest BCUT2D eigenvalue weighted by atomic mass is 35.5. The lowest BCUT2D eigenvalue weighted by Gasteiger charge is -1.91. The van der Waals surface area contributed by atoms with Gasteiger partial charge in [0.15, 0.2) is 0 Å². The molecule has 0 radical (unpaired) electrons. The minimum Gasteiger partial charge on any atom is -0.298 e. The van der Waals surface area contributed by atoms with Crippen molar-refractivity contribution in [1.82, 2.24) is 19.9 Å². The third-order valence-corrected chi connectivity index (χ3v) is 5.36. The van der Waals surface area contributed by atoms with Crippen molar-refractivity contribution in [2.75, 3.05) is 0 Å². The zero-order chi connectivity index (χ0) is 17.4. The van der Waals surface area contributed by atoms with Crippen LogP contribution in [0.2, 0.25) is 10.4 Å². The fourth-order valence-corrected chi connectivity index (χ4v) is 4.39. The van der Waals surface area contributed by atoms with E-state index in [2.05, 4.69) is 19.9 Å². The van der Waals surface area contributed by atoms with Crippen LogP contribution in [0.3, 0.4) is 0 Å². The number of nitrogens with zero attached hydrogens (tertiary/aromatic N) is 2. The van der Waals surface area contributed by atoms with Crippen molar-refractivity contribution in [1.29, 1.82) is 0 Å². The number of nitrogens with one attached hydrogen (secondary N) is 2. The maximum Gasteiger partial charge on any atom is 0.326 e. The van der Waals surface area contributed by atoms with Crippen molar-refractivity contribution >= 4 is 66.3 Å². The summed E-state index contributed by atoms with van der Waals surface area (Å²) in [6.07, 6.45) is 0. The Morgan fingerprint density at radius 2 is 1.62 bits per heavy atom. The van der Waals surface area contributed by atoms with E-state index in [0.717, 1.165) is 20.0 Å². The van der Waals surface area contributed by atoms with E-state index in [-0.39, 0.29) is 10.8 Å². The lowest BCUT2D eigenvalue weighted by molar-refractivity contribution is 1.09. The number of fused-ring (bicyclic) bond motifs is 2. The van der Waals surface area contributed by atoms with Crippen molar-refractivity contribution in [2.45, 2.75) is 13.8 Å². The van der Waals surface area contributed by atoms with Gasteiger partial charge >= 0.3 is 5.69 Å². The van der Waals surface area contributed by atoms with E-state index in [9.17, 15) is 9.59 Å². The van der Waals surface area contributed by atoms with E-state index in [1.165, 1.54) is 11.3 Å². The summed E-state index contributed by atoms with van der Waals surface area (Å²) in [4.78, 5) is 38.2. The van der Waals surface area contributed by atoms with Gasteiger partial charge < -0.3 is 0 Å². The topological polar surface area (TPSA) is 91.5 Å². The summed E-state index contributed by atoms with van der Waals surface area (Å²) in [7, 11) is 0. The summed E-state index contributed by atoms with van der Waals surface area (Å²) in [6, 6.07) is 3.72. The molecule has 0 aromatic carbocycles. The summed E-state index contributed by atoms with van der Waals surface area (Å²) in [5.41, 5.74) is -0.771. The van der Waals surface area contributed by atoms with Gasteiger partial charge in [-0.1, -0.05) is 11.6 Å². The van der Waals surface area contributed by atoms with Gasteiger partial charge in [0.1, 0.15) is 14.8 Å².